The third-order valence-electron chi connectivity index (χ3n) is 5.65. The summed E-state index contributed by atoms with van der Waals surface area (Å²) in [5.74, 6) is 0.258. The number of hydrogen-bond donors (Lipinski definition) is 0. The maximum absolute atomic E-state index is 13.5. The average molecular weight is 477 g/mol. The molecule has 3 rings (SSSR count). The number of carbonyl (C=O) groups excluding carboxylic acids is 2. The highest BCUT2D eigenvalue weighted by atomic mass is 35.5. The second kappa shape index (κ2) is 11.8. The lowest BCUT2D eigenvalue weighted by Crippen LogP contribution is -2.47. The van der Waals surface area contributed by atoms with E-state index in [1.807, 2.05) is 49.9 Å². The van der Waals surface area contributed by atoms with Crippen LogP contribution in [0.25, 0.3) is 0 Å². The summed E-state index contributed by atoms with van der Waals surface area (Å²) in [6, 6.07) is 9.68. The lowest BCUT2D eigenvalue weighted by molar-refractivity contribution is -0.142. The number of ether oxygens (including phenoxy) is 1. The number of benzene rings is 1. The number of hydrogen-bond acceptors (Lipinski definition) is 4. The Kier molecular flexibility index (Phi) is 9.14. The number of amides is 2. The summed E-state index contributed by atoms with van der Waals surface area (Å²) in [5.41, 5.74) is 2.21. The van der Waals surface area contributed by atoms with Crippen molar-refractivity contribution in [1.29, 1.82) is 0 Å². The van der Waals surface area contributed by atoms with E-state index in [4.69, 9.17) is 16.3 Å². The van der Waals surface area contributed by atoms with Gasteiger partial charge in [-0.1, -0.05) is 37.6 Å². The van der Waals surface area contributed by atoms with E-state index in [0.29, 0.717) is 37.7 Å². The van der Waals surface area contributed by atoms with Crippen LogP contribution in [0.2, 0.25) is 5.02 Å². The van der Waals surface area contributed by atoms with Crippen molar-refractivity contribution in [3.63, 3.8) is 0 Å². The maximum atomic E-state index is 13.5. The van der Waals surface area contributed by atoms with E-state index in [1.165, 1.54) is 10.4 Å². The first kappa shape index (κ1) is 24.7. The molecular weight excluding hydrogens is 444 g/mol. The SMILES string of the molecule is CCOCCCN(CC(=O)N1CCc2sccc2C1c1ccc(Cl)cc1)C(=O)CC(C)C. The van der Waals surface area contributed by atoms with Crippen LogP contribution in [0.5, 0.6) is 0 Å². The zero-order chi connectivity index (χ0) is 23.1. The van der Waals surface area contributed by atoms with Gasteiger partial charge >= 0.3 is 0 Å². The minimum Gasteiger partial charge on any atom is -0.382 e. The van der Waals surface area contributed by atoms with Crippen LogP contribution in [-0.2, 0) is 20.7 Å². The molecule has 1 atom stereocenters. The average Bonchev–Trinajstić information content (AvgIpc) is 3.24. The van der Waals surface area contributed by atoms with Crippen molar-refractivity contribution in [2.75, 3.05) is 32.8 Å². The van der Waals surface area contributed by atoms with Gasteiger partial charge in [-0.3, -0.25) is 9.59 Å². The van der Waals surface area contributed by atoms with E-state index >= 15 is 0 Å². The van der Waals surface area contributed by atoms with Gasteiger partial charge in [-0.25, -0.2) is 0 Å². The molecule has 0 saturated carbocycles. The fraction of sp³-hybridized carbons (Fsp3) is 0.520. The summed E-state index contributed by atoms with van der Waals surface area (Å²) in [6.07, 6.45) is 2.00. The largest absolute Gasteiger partial charge is 0.382 e. The Labute approximate surface area is 200 Å². The Balaban J connectivity index is 1.80. The highest BCUT2D eigenvalue weighted by Gasteiger charge is 2.34. The summed E-state index contributed by atoms with van der Waals surface area (Å²) in [4.78, 5) is 31.4. The minimum absolute atomic E-state index is 0.0182. The molecule has 2 aromatic rings. The van der Waals surface area contributed by atoms with Gasteiger partial charge in [0.05, 0.1) is 12.6 Å². The number of fused-ring (bicyclic) bond motifs is 1. The van der Waals surface area contributed by atoms with E-state index < -0.39 is 0 Å². The van der Waals surface area contributed by atoms with Crippen LogP contribution in [0.15, 0.2) is 35.7 Å². The maximum Gasteiger partial charge on any atom is 0.242 e. The molecule has 0 saturated heterocycles. The Morgan fingerprint density at radius 3 is 2.69 bits per heavy atom. The Bertz CT molecular complexity index is 897. The molecule has 0 N–H and O–H groups in total. The molecule has 0 fully saturated rings. The highest BCUT2D eigenvalue weighted by Crippen LogP contribution is 2.38. The van der Waals surface area contributed by atoms with Gasteiger partial charge in [-0.15, -0.1) is 11.3 Å². The molecular formula is C25H33ClN2O3S. The molecule has 0 bridgehead atoms. The van der Waals surface area contributed by atoms with Crippen molar-refractivity contribution in [2.45, 2.75) is 46.1 Å². The third kappa shape index (κ3) is 6.33. The molecule has 1 aromatic carbocycles. The van der Waals surface area contributed by atoms with Crippen LogP contribution < -0.4 is 0 Å². The Hall–Kier alpha value is -1.89. The fourth-order valence-corrected chi connectivity index (χ4v) is 5.15. The highest BCUT2D eigenvalue weighted by molar-refractivity contribution is 7.10. The first-order valence-corrected chi connectivity index (χ1v) is 12.6. The van der Waals surface area contributed by atoms with Gasteiger partial charge in [0.15, 0.2) is 0 Å². The van der Waals surface area contributed by atoms with Gasteiger partial charge in [0, 0.05) is 42.6 Å². The van der Waals surface area contributed by atoms with Gasteiger partial charge in [0.2, 0.25) is 11.8 Å². The zero-order valence-electron chi connectivity index (χ0n) is 19.2. The standard InChI is InChI=1S/C25H33ClN2O3S/c1-4-31-14-5-12-27(23(29)16-18(2)3)17-24(30)28-13-10-22-21(11-15-32-22)25(28)19-6-8-20(26)9-7-19/h6-9,11,15,18,25H,4-5,10,12-14,16-17H2,1-3H3. The van der Waals surface area contributed by atoms with E-state index in [9.17, 15) is 9.59 Å². The predicted molar refractivity (Wildman–Crippen MR) is 130 cm³/mol. The zero-order valence-corrected chi connectivity index (χ0v) is 20.8. The third-order valence-corrected chi connectivity index (χ3v) is 6.90. The lowest BCUT2D eigenvalue weighted by atomic mass is 9.93. The quantitative estimate of drug-likeness (QED) is 0.444. The van der Waals surface area contributed by atoms with Crippen LogP contribution in [-0.4, -0.2) is 54.5 Å². The normalized spacial score (nSPS) is 15.7. The molecule has 174 valence electrons. The molecule has 1 aromatic heterocycles. The number of nitrogens with zero attached hydrogens (tertiary/aromatic N) is 2. The second-order valence-electron chi connectivity index (χ2n) is 8.55. The van der Waals surface area contributed by atoms with E-state index in [2.05, 4.69) is 11.4 Å². The molecule has 0 spiro atoms. The summed E-state index contributed by atoms with van der Waals surface area (Å²) >= 11 is 7.85. The molecule has 5 nitrogen and oxygen atoms in total. The monoisotopic (exact) mass is 476 g/mol. The number of halogens is 1. The smallest absolute Gasteiger partial charge is 0.242 e. The molecule has 2 heterocycles. The number of carbonyl (C=O) groups is 2. The number of rotatable bonds is 10. The molecule has 1 aliphatic rings. The first-order valence-electron chi connectivity index (χ1n) is 11.4. The molecule has 2 amide bonds. The minimum atomic E-state index is -0.153. The van der Waals surface area contributed by atoms with Crippen molar-refractivity contribution < 1.29 is 14.3 Å². The molecule has 0 radical (unpaired) electrons. The van der Waals surface area contributed by atoms with E-state index in [0.717, 1.165) is 18.4 Å². The van der Waals surface area contributed by atoms with Gasteiger partial charge in [0.25, 0.3) is 0 Å². The van der Waals surface area contributed by atoms with E-state index in [-0.39, 0.29) is 30.3 Å². The van der Waals surface area contributed by atoms with Gasteiger partial charge in [0.1, 0.15) is 0 Å². The van der Waals surface area contributed by atoms with Crippen molar-refractivity contribution in [3.8, 4) is 0 Å². The van der Waals surface area contributed by atoms with Crippen LogP contribution in [0.3, 0.4) is 0 Å². The Morgan fingerprint density at radius 2 is 2.00 bits per heavy atom. The Morgan fingerprint density at radius 1 is 1.25 bits per heavy atom. The summed E-state index contributed by atoms with van der Waals surface area (Å²) in [6.45, 7) is 8.52. The topological polar surface area (TPSA) is 49.9 Å². The van der Waals surface area contributed by atoms with Crippen LogP contribution in [0.4, 0.5) is 0 Å². The molecule has 7 heteroatoms. The molecule has 1 unspecified atom stereocenters. The predicted octanol–water partition coefficient (Wildman–Crippen LogP) is 5.18. The van der Waals surface area contributed by atoms with Gasteiger partial charge < -0.3 is 14.5 Å². The van der Waals surface area contributed by atoms with Crippen LogP contribution in [0, 0.1) is 5.92 Å². The second-order valence-corrected chi connectivity index (χ2v) is 9.99. The van der Waals surface area contributed by atoms with Crippen molar-refractivity contribution in [3.05, 3.63) is 56.7 Å². The van der Waals surface area contributed by atoms with E-state index in [1.54, 1.807) is 16.2 Å². The van der Waals surface area contributed by atoms with Crippen molar-refractivity contribution in [1.82, 2.24) is 9.80 Å². The van der Waals surface area contributed by atoms with Crippen LogP contribution >= 0.6 is 22.9 Å². The summed E-state index contributed by atoms with van der Waals surface area (Å²) < 4.78 is 5.44. The molecule has 1 aliphatic heterocycles. The van der Waals surface area contributed by atoms with Crippen LogP contribution in [0.1, 0.15) is 55.7 Å². The summed E-state index contributed by atoms with van der Waals surface area (Å²) in [5, 5.41) is 2.76. The number of thiophene rings is 1. The molecule has 0 aliphatic carbocycles. The van der Waals surface area contributed by atoms with Gasteiger partial charge in [-0.2, -0.15) is 0 Å². The first-order chi connectivity index (χ1) is 15.4. The van der Waals surface area contributed by atoms with Gasteiger partial charge in [-0.05, 0) is 60.4 Å². The van der Waals surface area contributed by atoms with Crippen molar-refractivity contribution >= 4 is 34.8 Å². The van der Waals surface area contributed by atoms with Crippen molar-refractivity contribution in [2.24, 2.45) is 5.92 Å². The summed E-state index contributed by atoms with van der Waals surface area (Å²) in [7, 11) is 0. The lowest BCUT2D eigenvalue weighted by Gasteiger charge is -2.37. The molecule has 32 heavy (non-hydrogen) atoms. The fourth-order valence-electron chi connectivity index (χ4n) is 4.12.